The van der Waals surface area contributed by atoms with Crippen molar-refractivity contribution in [2.75, 3.05) is 6.54 Å². The van der Waals surface area contributed by atoms with Crippen molar-refractivity contribution in [3.63, 3.8) is 0 Å². The molecule has 0 saturated heterocycles. The van der Waals surface area contributed by atoms with E-state index < -0.39 is 0 Å². The topological polar surface area (TPSA) is 34.1 Å². The van der Waals surface area contributed by atoms with Gasteiger partial charge in [-0.1, -0.05) is 6.92 Å². The summed E-state index contributed by atoms with van der Waals surface area (Å²) in [4.78, 5) is 5.53. The first kappa shape index (κ1) is 13.5. The minimum Gasteiger partial charge on any atom is -0.486 e. The average molecular weight is 327 g/mol. The molecule has 1 N–H and O–H groups in total. The molecule has 0 aliphatic heterocycles. The summed E-state index contributed by atoms with van der Waals surface area (Å²) in [5.41, 5.74) is 1.03. The Balaban J connectivity index is 1.86. The van der Waals surface area contributed by atoms with Gasteiger partial charge in [-0.15, -0.1) is 11.3 Å². The van der Waals surface area contributed by atoms with Gasteiger partial charge in [-0.2, -0.15) is 0 Å². The van der Waals surface area contributed by atoms with Gasteiger partial charge < -0.3 is 10.1 Å². The number of pyridine rings is 1. The standard InChI is InChI=1S/C13H15BrN2OS/c1-2-15-7-10-3-4-11(8-16-10)17-9-12-5-6-13(14)18-12/h3-6,8,15H,2,7,9H2,1H3. The Kier molecular flexibility index (Phi) is 5.16. The summed E-state index contributed by atoms with van der Waals surface area (Å²) in [6.45, 7) is 4.42. The fraction of sp³-hybridized carbons (Fsp3) is 0.308. The molecule has 0 aliphatic carbocycles. The lowest BCUT2D eigenvalue weighted by atomic mass is 10.3. The van der Waals surface area contributed by atoms with Crippen LogP contribution in [0.15, 0.2) is 34.2 Å². The number of hydrogen-bond acceptors (Lipinski definition) is 4. The second-order valence-electron chi connectivity index (χ2n) is 3.76. The number of halogens is 1. The number of nitrogens with zero attached hydrogens (tertiary/aromatic N) is 1. The minimum atomic E-state index is 0.588. The Morgan fingerprint density at radius 3 is 2.83 bits per heavy atom. The fourth-order valence-corrected chi connectivity index (χ4v) is 2.83. The van der Waals surface area contributed by atoms with Crippen molar-refractivity contribution < 1.29 is 4.74 Å². The molecule has 0 radical (unpaired) electrons. The van der Waals surface area contributed by atoms with Crippen LogP contribution in [0.5, 0.6) is 5.75 Å². The maximum Gasteiger partial charge on any atom is 0.138 e. The molecule has 0 atom stereocenters. The van der Waals surface area contributed by atoms with Gasteiger partial charge in [-0.25, -0.2) is 0 Å². The maximum atomic E-state index is 5.67. The first-order valence-electron chi connectivity index (χ1n) is 5.80. The Hall–Kier alpha value is -0.910. The molecule has 0 amide bonds. The Bertz CT molecular complexity index is 484. The molecule has 0 spiro atoms. The number of nitrogens with one attached hydrogen (secondary N) is 1. The predicted molar refractivity (Wildman–Crippen MR) is 78.0 cm³/mol. The highest BCUT2D eigenvalue weighted by atomic mass is 79.9. The maximum absolute atomic E-state index is 5.67. The van der Waals surface area contributed by atoms with Crippen LogP contribution in [0.3, 0.4) is 0 Å². The third-order valence-electron chi connectivity index (χ3n) is 2.36. The molecule has 2 rings (SSSR count). The van der Waals surface area contributed by atoms with Crippen molar-refractivity contribution in [2.24, 2.45) is 0 Å². The number of aromatic nitrogens is 1. The summed E-state index contributed by atoms with van der Waals surface area (Å²) in [7, 11) is 0. The highest BCUT2D eigenvalue weighted by Gasteiger charge is 2.00. The fourth-order valence-electron chi connectivity index (χ4n) is 1.44. The molecule has 0 unspecified atom stereocenters. The summed E-state index contributed by atoms with van der Waals surface area (Å²) in [5.74, 6) is 0.805. The van der Waals surface area contributed by atoms with Crippen LogP contribution < -0.4 is 10.1 Å². The summed E-state index contributed by atoms with van der Waals surface area (Å²) >= 11 is 5.12. The second-order valence-corrected chi connectivity index (χ2v) is 6.31. The zero-order valence-electron chi connectivity index (χ0n) is 10.1. The van der Waals surface area contributed by atoms with E-state index in [0.29, 0.717) is 6.61 Å². The van der Waals surface area contributed by atoms with Crippen molar-refractivity contribution >= 4 is 27.3 Å². The van der Waals surface area contributed by atoms with Crippen molar-refractivity contribution in [1.82, 2.24) is 10.3 Å². The SMILES string of the molecule is CCNCc1ccc(OCc2ccc(Br)s2)cn1. The number of hydrogen-bond donors (Lipinski definition) is 1. The lowest BCUT2D eigenvalue weighted by Gasteiger charge is -2.05. The van der Waals surface area contributed by atoms with E-state index in [-0.39, 0.29) is 0 Å². The lowest BCUT2D eigenvalue weighted by Crippen LogP contribution is -2.12. The van der Waals surface area contributed by atoms with E-state index >= 15 is 0 Å². The van der Waals surface area contributed by atoms with Gasteiger partial charge in [-0.3, -0.25) is 4.98 Å². The van der Waals surface area contributed by atoms with Gasteiger partial charge >= 0.3 is 0 Å². The van der Waals surface area contributed by atoms with Gasteiger partial charge in [0.25, 0.3) is 0 Å². The van der Waals surface area contributed by atoms with Crippen LogP contribution in [0.25, 0.3) is 0 Å². The zero-order chi connectivity index (χ0) is 12.8. The van der Waals surface area contributed by atoms with Gasteiger partial charge in [-0.05, 0) is 46.7 Å². The van der Waals surface area contributed by atoms with E-state index in [2.05, 4.69) is 39.2 Å². The average Bonchev–Trinajstić information content (AvgIpc) is 2.81. The molecular weight excluding hydrogens is 312 g/mol. The number of ether oxygens (including phenoxy) is 1. The molecule has 2 aromatic heterocycles. The molecular formula is C13H15BrN2OS. The molecule has 0 aromatic carbocycles. The quantitative estimate of drug-likeness (QED) is 0.880. The normalized spacial score (nSPS) is 10.6. The second kappa shape index (κ2) is 6.87. The lowest BCUT2D eigenvalue weighted by molar-refractivity contribution is 0.308. The number of thiophene rings is 1. The highest BCUT2D eigenvalue weighted by molar-refractivity contribution is 9.11. The van der Waals surface area contributed by atoms with Crippen molar-refractivity contribution in [3.05, 3.63) is 44.8 Å². The van der Waals surface area contributed by atoms with Crippen LogP contribution >= 0.6 is 27.3 Å². The molecule has 2 heterocycles. The molecule has 0 saturated carbocycles. The third kappa shape index (κ3) is 4.08. The first-order chi connectivity index (χ1) is 8.78. The number of rotatable bonds is 6. The van der Waals surface area contributed by atoms with Gasteiger partial charge in [0.05, 0.1) is 15.7 Å². The van der Waals surface area contributed by atoms with E-state index in [0.717, 1.165) is 28.3 Å². The highest BCUT2D eigenvalue weighted by Crippen LogP contribution is 2.23. The molecule has 18 heavy (non-hydrogen) atoms. The van der Waals surface area contributed by atoms with Crippen molar-refractivity contribution in [1.29, 1.82) is 0 Å². The van der Waals surface area contributed by atoms with Gasteiger partial charge in [0.15, 0.2) is 0 Å². The van der Waals surface area contributed by atoms with Gasteiger partial charge in [0, 0.05) is 11.4 Å². The van der Waals surface area contributed by atoms with E-state index in [1.807, 2.05) is 18.2 Å². The van der Waals surface area contributed by atoms with Crippen molar-refractivity contribution in [2.45, 2.75) is 20.1 Å². The van der Waals surface area contributed by atoms with Crippen LogP contribution in [0.1, 0.15) is 17.5 Å². The Morgan fingerprint density at radius 1 is 1.33 bits per heavy atom. The summed E-state index contributed by atoms with van der Waals surface area (Å²) in [6, 6.07) is 8.04. The van der Waals surface area contributed by atoms with E-state index in [9.17, 15) is 0 Å². The smallest absolute Gasteiger partial charge is 0.138 e. The summed E-state index contributed by atoms with van der Waals surface area (Å²) in [5, 5.41) is 3.24. The molecule has 0 fully saturated rings. The first-order valence-corrected chi connectivity index (χ1v) is 7.41. The molecule has 2 aromatic rings. The largest absolute Gasteiger partial charge is 0.486 e. The van der Waals surface area contributed by atoms with Gasteiger partial charge in [0.1, 0.15) is 12.4 Å². The van der Waals surface area contributed by atoms with E-state index in [1.165, 1.54) is 4.88 Å². The van der Waals surface area contributed by atoms with Gasteiger partial charge in [0.2, 0.25) is 0 Å². The van der Waals surface area contributed by atoms with Crippen LogP contribution in [-0.2, 0) is 13.2 Å². The minimum absolute atomic E-state index is 0.588. The predicted octanol–water partition coefficient (Wildman–Crippen LogP) is 3.59. The Labute approximate surface area is 119 Å². The monoisotopic (exact) mass is 326 g/mol. The van der Waals surface area contributed by atoms with Crippen LogP contribution in [0, 0.1) is 0 Å². The molecule has 5 heteroatoms. The van der Waals surface area contributed by atoms with E-state index in [4.69, 9.17) is 4.74 Å². The van der Waals surface area contributed by atoms with Crippen LogP contribution in [0.4, 0.5) is 0 Å². The third-order valence-corrected chi connectivity index (χ3v) is 3.96. The summed E-state index contributed by atoms with van der Waals surface area (Å²) in [6.07, 6.45) is 1.77. The van der Waals surface area contributed by atoms with E-state index in [1.54, 1.807) is 17.5 Å². The zero-order valence-corrected chi connectivity index (χ0v) is 12.6. The summed E-state index contributed by atoms with van der Waals surface area (Å²) < 4.78 is 6.80. The molecule has 96 valence electrons. The van der Waals surface area contributed by atoms with Crippen LogP contribution in [0.2, 0.25) is 0 Å². The Morgan fingerprint density at radius 2 is 2.22 bits per heavy atom. The van der Waals surface area contributed by atoms with Crippen LogP contribution in [-0.4, -0.2) is 11.5 Å². The van der Waals surface area contributed by atoms with Crippen molar-refractivity contribution in [3.8, 4) is 5.75 Å². The molecule has 3 nitrogen and oxygen atoms in total. The molecule has 0 aliphatic rings. The molecule has 0 bridgehead atoms.